The lowest BCUT2D eigenvalue weighted by atomic mass is 9.87. The van der Waals surface area contributed by atoms with Gasteiger partial charge in [0.2, 0.25) is 0 Å². The molecule has 0 saturated heterocycles. The maximum atomic E-state index is 11.7. The van der Waals surface area contributed by atoms with Gasteiger partial charge in [0, 0.05) is 12.0 Å². The zero-order chi connectivity index (χ0) is 13.5. The lowest BCUT2D eigenvalue weighted by Gasteiger charge is -2.30. The molecule has 0 rings (SSSR count). The predicted octanol–water partition coefficient (Wildman–Crippen LogP) is 0.124. The van der Waals surface area contributed by atoms with Gasteiger partial charge in [0.05, 0.1) is 19.3 Å². The van der Waals surface area contributed by atoms with Gasteiger partial charge >= 0.3 is 5.97 Å². The number of amides is 1. The molecule has 0 spiro atoms. The molecule has 6 heteroatoms. The summed E-state index contributed by atoms with van der Waals surface area (Å²) in [6.45, 7) is 6.47. The maximum Gasteiger partial charge on any atom is 0.305 e. The van der Waals surface area contributed by atoms with Crippen LogP contribution in [-0.2, 0) is 14.3 Å². The van der Waals surface area contributed by atoms with Gasteiger partial charge in [0.25, 0.3) is 5.91 Å². The molecule has 0 radical (unpaired) electrons. The van der Waals surface area contributed by atoms with Crippen LogP contribution in [0.5, 0.6) is 0 Å². The topological polar surface area (TPSA) is 95.9 Å². The largest absolute Gasteiger partial charge is 0.488 e. The Hall–Kier alpha value is -1.56. The number of rotatable bonds is 8. The molecule has 0 fully saturated rings. The number of carbonyl (C=O) groups excluding carboxylic acids is 1. The Balaban J connectivity index is 4.44. The van der Waals surface area contributed by atoms with Crippen molar-refractivity contribution in [1.82, 2.24) is 5.32 Å². The van der Waals surface area contributed by atoms with Crippen molar-refractivity contribution in [2.75, 3.05) is 13.2 Å². The van der Waals surface area contributed by atoms with Crippen molar-refractivity contribution in [3.8, 4) is 0 Å². The van der Waals surface area contributed by atoms with Crippen LogP contribution in [0.2, 0.25) is 0 Å². The predicted molar refractivity (Wildman–Crippen MR) is 61.2 cm³/mol. The summed E-state index contributed by atoms with van der Waals surface area (Å²) in [5.74, 6) is -1.46. The molecule has 17 heavy (non-hydrogen) atoms. The van der Waals surface area contributed by atoms with E-state index in [4.69, 9.17) is 14.9 Å². The van der Waals surface area contributed by atoms with Gasteiger partial charge in [-0.1, -0.05) is 20.4 Å². The van der Waals surface area contributed by atoms with Gasteiger partial charge in [-0.05, 0) is 0 Å². The Bertz CT molecular complexity index is 288. The molecular weight excluding hydrogens is 226 g/mol. The second-order valence-corrected chi connectivity index (χ2v) is 4.26. The average Bonchev–Trinajstić information content (AvgIpc) is 2.24. The molecule has 0 aromatic heterocycles. The van der Waals surface area contributed by atoms with Gasteiger partial charge in [-0.15, -0.1) is 0 Å². The second kappa shape index (κ2) is 6.90. The third-order valence-electron chi connectivity index (χ3n) is 2.23. The summed E-state index contributed by atoms with van der Waals surface area (Å²) in [5.41, 5.74) is -0.776. The first-order valence-corrected chi connectivity index (χ1v) is 5.22. The van der Waals surface area contributed by atoms with E-state index in [-0.39, 0.29) is 19.6 Å². The van der Waals surface area contributed by atoms with Crippen molar-refractivity contribution >= 4 is 11.9 Å². The van der Waals surface area contributed by atoms with E-state index in [0.29, 0.717) is 0 Å². The number of nitrogens with one attached hydrogen (secondary N) is 1. The number of aliphatic hydroxyl groups excluding tert-OH is 1. The van der Waals surface area contributed by atoms with Gasteiger partial charge in [-0.3, -0.25) is 9.59 Å². The monoisotopic (exact) mass is 245 g/mol. The molecule has 0 aromatic rings. The van der Waals surface area contributed by atoms with E-state index < -0.39 is 23.4 Å². The molecule has 0 heterocycles. The normalized spacial score (nSPS) is 12.6. The van der Waals surface area contributed by atoms with Crippen LogP contribution < -0.4 is 5.32 Å². The number of hydrogen-bond donors (Lipinski definition) is 3. The summed E-state index contributed by atoms with van der Waals surface area (Å²) >= 11 is 0. The molecule has 6 nitrogen and oxygen atoms in total. The highest BCUT2D eigenvalue weighted by Crippen LogP contribution is 2.23. The van der Waals surface area contributed by atoms with E-state index in [0.717, 1.165) is 6.26 Å². The van der Waals surface area contributed by atoms with E-state index in [1.165, 1.54) is 0 Å². The molecule has 0 aliphatic carbocycles. The lowest BCUT2D eigenvalue weighted by Crippen LogP contribution is -2.47. The van der Waals surface area contributed by atoms with Crippen molar-refractivity contribution in [2.24, 2.45) is 5.41 Å². The Morgan fingerprint density at radius 3 is 2.53 bits per heavy atom. The molecule has 0 aliphatic heterocycles. The van der Waals surface area contributed by atoms with Gasteiger partial charge in [0.1, 0.15) is 0 Å². The number of aliphatic hydroxyl groups is 1. The van der Waals surface area contributed by atoms with E-state index in [1.54, 1.807) is 13.8 Å². The van der Waals surface area contributed by atoms with Gasteiger partial charge in [-0.25, -0.2) is 0 Å². The molecule has 0 aliphatic rings. The Morgan fingerprint density at radius 2 is 2.12 bits per heavy atom. The fraction of sp³-hybridized carbons (Fsp3) is 0.636. The molecule has 0 unspecified atom stereocenters. The number of hydrogen-bond acceptors (Lipinski definition) is 4. The maximum absolute atomic E-state index is 11.7. The number of carbonyl (C=O) groups is 2. The summed E-state index contributed by atoms with van der Waals surface area (Å²) in [6.07, 6.45) is 0.0594. The lowest BCUT2D eigenvalue weighted by molar-refractivity contribution is -0.139. The van der Waals surface area contributed by atoms with E-state index in [9.17, 15) is 9.59 Å². The first kappa shape index (κ1) is 15.4. The third kappa shape index (κ3) is 5.35. The van der Waals surface area contributed by atoms with Crippen LogP contribution in [0.15, 0.2) is 12.8 Å². The summed E-state index contributed by atoms with van der Waals surface area (Å²) < 4.78 is 5.06. The standard InChI is InChI=1S/C11H19NO5/c1-4-17-9(11(2,3)7-13)10(16)12-6-5-8(14)15/h4,9,13H,1,5-7H2,2-3H3,(H,12,16)(H,14,15)/t9-/m0/s1. The molecular formula is C11H19NO5. The first-order chi connectivity index (χ1) is 7.85. The number of aliphatic carboxylic acids is 1. The highest BCUT2D eigenvalue weighted by molar-refractivity contribution is 5.82. The summed E-state index contributed by atoms with van der Waals surface area (Å²) in [7, 11) is 0. The van der Waals surface area contributed by atoms with Crippen LogP contribution >= 0.6 is 0 Å². The number of ether oxygens (including phenoxy) is 1. The van der Waals surface area contributed by atoms with Gasteiger partial charge in [0.15, 0.2) is 6.10 Å². The molecule has 0 saturated carbocycles. The minimum Gasteiger partial charge on any atom is -0.488 e. The molecule has 98 valence electrons. The van der Waals surface area contributed by atoms with Crippen LogP contribution in [0.25, 0.3) is 0 Å². The van der Waals surface area contributed by atoms with Crippen molar-refractivity contribution in [2.45, 2.75) is 26.4 Å². The van der Waals surface area contributed by atoms with Gasteiger partial charge < -0.3 is 20.3 Å². The third-order valence-corrected chi connectivity index (χ3v) is 2.23. The summed E-state index contributed by atoms with van der Waals surface area (Å²) in [6, 6.07) is 0. The highest BCUT2D eigenvalue weighted by Gasteiger charge is 2.35. The SMILES string of the molecule is C=CO[C@@H](C(=O)NCCC(=O)O)C(C)(C)CO. The Morgan fingerprint density at radius 1 is 1.53 bits per heavy atom. The first-order valence-electron chi connectivity index (χ1n) is 5.22. The van der Waals surface area contributed by atoms with Gasteiger partial charge in [-0.2, -0.15) is 0 Å². The minimum atomic E-state index is -0.993. The quantitative estimate of drug-likeness (QED) is 0.528. The van der Waals surface area contributed by atoms with Crippen LogP contribution in [0.4, 0.5) is 0 Å². The van der Waals surface area contributed by atoms with E-state index >= 15 is 0 Å². The smallest absolute Gasteiger partial charge is 0.305 e. The van der Waals surface area contributed by atoms with Crippen molar-refractivity contribution < 1.29 is 24.5 Å². The van der Waals surface area contributed by atoms with E-state index in [2.05, 4.69) is 11.9 Å². The van der Waals surface area contributed by atoms with Crippen molar-refractivity contribution in [3.05, 3.63) is 12.8 Å². The zero-order valence-electron chi connectivity index (χ0n) is 10.1. The molecule has 0 bridgehead atoms. The van der Waals surface area contributed by atoms with Crippen LogP contribution in [-0.4, -0.2) is 41.3 Å². The van der Waals surface area contributed by atoms with Crippen LogP contribution in [0, 0.1) is 5.41 Å². The van der Waals surface area contributed by atoms with E-state index in [1.807, 2.05) is 0 Å². The highest BCUT2D eigenvalue weighted by atomic mass is 16.5. The van der Waals surface area contributed by atoms with Crippen molar-refractivity contribution in [1.29, 1.82) is 0 Å². The second-order valence-electron chi connectivity index (χ2n) is 4.26. The average molecular weight is 245 g/mol. The number of carboxylic acids is 1. The van der Waals surface area contributed by atoms with Crippen molar-refractivity contribution in [3.63, 3.8) is 0 Å². The fourth-order valence-corrected chi connectivity index (χ4v) is 1.17. The summed E-state index contributed by atoms with van der Waals surface area (Å²) in [4.78, 5) is 22.0. The molecule has 1 amide bonds. The van der Waals surface area contributed by atoms with Crippen LogP contribution in [0.3, 0.4) is 0 Å². The molecule has 0 aromatic carbocycles. The number of carboxylic acid groups (broad SMARTS) is 1. The van der Waals surface area contributed by atoms with Crippen LogP contribution in [0.1, 0.15) is 20.3 Å². The molecule has 1 atom stereocenters. The minimum absolute atomic E-state index is 0.0205. The fourth-order valence-electron chi connectivity index (χ4n) is 1.17. The summed E-state index contributed by atoms with van der Waals surface area (Å²) in [5, 5.41) is 20.0. The zero-order valence-corrected chi connectivity index (χ0v) is 10.1. The molecule has 3 N–H and O–H groups in total. The Labute approximate surface area is 100 Å². The Kier molecular flexibility index (Phi) is 6.27.